The van der Waals surface area contributed by atoms with E-state index in [1.54, 1.807) is 0 Å². The average molecular weight is 210 g/mol. The van der Waals surface area contributed by atoms with E-state index in [1.807, 2.05) is 13.8 Å². The van der Waals surface area contributed by atoms with Crippen molar-refractivity contribution >= 4 is 5.69 Å². The Labute approximate surface area is 87.5 Å². The molecule has 0 aliphatic heterocycles. The number of nitrogens with zero attached hydrogens (tertiary/aromatic N) is 1. The lowest BCUT2D eigenvalue weighted by Crippen LogP contribution is -2.07. The van der Waals surface area contributed by atoms with Gasteiger partial charge in [-0.05, 0) is 19.9 Å². The van der Waals surface area contributed by atoms with Crippen LogP contribution >= 0.6 is 0 Å². The van der Waals surface area contributed by atoms with E-state index in [1.165, 1.54) is 18.2 Å². The highest BCUT2D eigenvalue weighted by Crippen LogP contribution is 2.25. The van der Waals surface area contributed by atoms with Crippen molar-refractivity contribution < 1.29 is 14.8 Å². The minimum atomic E-state index is -0.522. The molecule has 0 unspecified atom stereocenters. The molecule has 1 aromatic carbocycles. The highest BCUT2D eigenvalue weighted by atomic mass is 16.6. The van der Waals surface area contributed by atoms with Crippen LogP contribution in [0.5, 0.6) is 5.75 Å². The van der Waals surface area contributed by atoms with Crippen LogP contribution in [0.2, 0.25) is 0 Å². The number of hydrogen-bond acceptors (Lipinski definition) is 4. The quantitative estimate of drug-likeness (QED) is 0.611. The molecule has 5 heteroatoms. The summed E-state index contributed by atoms with van der Waals surface area (Å²) in [5.74, 6) is 0.429. The second kappa shape index (κ2) is 4.75. The molecule has 1 radical (unpaired) electrons. The normalized spacial score (nSPS) is 10.4. The molecule has 0 atom stereocenters. The van der Waals surface area contributed by atoms with Crippen molar-refractivity contribution in [2.24, 2.45) is 0 Å². The lowest BCUT2D eigenvalue weighted by molar-refractivity contribution is -0.384. The summed E-state index contributed by atoms with van der Waals surface area (Å²) in [6.07, 6.45) is -0.0508. The predicted octanol–water partition coefficient (Wildman–Crippen LogP) is 2.26. The molecule has 0 fully saturated rings. The van der Waals surface area contributed by atoms with Gasteiger partial charge in [0.15, 0.2) is 0 Å². The van der Waals surface area contributed by atoms with Crippen LogP contribution in [0.4, 0.5) is 5.69 Å². The van der Waals surface area contributed by atoms with Crippen molar-refractivity contribution in [2.75, 3.05) is 0 Å². The molecule has 81 valence electrons. The van der Waals surface area contributed by atoms with E-state index < -0.39 is 4.92 Å². The van der Waals surface area contributed by atoms with Crippen molar-refractivity contribution in [1.29, 1.82) is 0 Å². The van der Waals surface area contributed by atoms with Crippen LogP contribution in [0.1, 0.15) is 19.4 Å². The summed E-state index contributed by atoms with van der Waals surface area (Å²) < 4.78 is 5.36. The molecule has 0 bridgehead atoms. The Kier molecular flexibility index (Phi) is 3.62. The summed E-state index contributed by atoms with van der Waals surface area (Å²) in [4.78, 5) is 9.95. The molecular weight excluding hydrogens is 198 g/mol. The molecule has 5 nitrogen and oxygen atoms in total. The molecule has 0 aliphatic carbocycles. The van der Waals surface area contributed by atoms with E-state index in [9.17, 15) is 10.1 Å². The second-order valence-electron chi connectivity index (χ2n) is 3.27. The Morgan fingerprint density at radius 2 is 2.20 bits per heavy atom. The Bertz CT molecular complexity index is 362. The van der Waals surface area contributed by atoms with Crippen molar-refractivity contribution in [3.8, 4) is 5.75 Å². The minimum absolute atomic E-state index is 0.0508. The van der Waals surface area contributed by atoms with E-state index in [0.717, 1.165) is 6.61 Å². The number of benzene rings is 1. The van der Waals surface area contributed by atoms with Gasteiger partial charge in [0.2, 0.25) is 0 Å². The first kappa shape index (κ1) is 11.5. The first-order chi connectivity index (χ1) is 7.04. The van der Waals surface area contributed by atoms with Gasteiger partial charge < -0.3 is 9.84 Å². The number of nitro groups is 1. The van der Waals surface area contributed by atoms with E-state index in [0.29, 0.717) is 11.3 Å². The third-order valence-corrected chi connectivity index (χ3v) is 1.71. The Hall–Kier alpha value is -1.62. The Balaban J connectivity index is 3.03. The largest absolute Gasteiger partial charge is 0.491 e. The summed E-state index contributed by atoms with van der Waals surface area (Å²) in [7, 11) is 0. The molecule has 0 saturated carbocycles. The van der Waals surface area contributed by atoms with Gasteiger partial charge in [-0.1, -0.05) is 0 Å². The first-order valence-electron chi connectivity index (χ1n) is 4.47. The molecule has 15 heavy (non-hydrogen) atoms. The number of nitro benzene ring substituents is 1. The molecule has 0 aliphatic rings. The highest BCUT2D eigenvalue weighted by Gasteiger charge is 2.12. The number of ether oxygens (including phenoxy) is 1. The number of hydrogen-bond donors (Lipinski definition) is 1. The molecule has 0 aromatic heterocycles. The summed E-state index contributed by atoms with van der Waals surface area (Å²) in [5.41, 5.74) is 0.226. The van der Waals surface area contributed by atoms with Gasteiger partial charge >= 0.3 is 0 Å². The number of non-ortho nitro benzene ring substituents is 1. The smallest absolute Gasteiger partial charge is 0.270 e. The zero-order valence-corrected chi connectivity index (χ0v) is 8.51. The second-order valence-corrected chi connectivity index (χ2v) is 3.27. The average Bonchev–Trinajstić information content (AvgIpc) is 2.17. The van der Waals surface area contributed by atoms with Crippen molar-refractivity contribution in [3.63, 3.8) is 0 Å². The SMILES string of the molecule is CC(C)Oc1ccc([N+](=O)[O-])cc1[CH]O. The first-order valence-corrected chi connectivity index (χ1v) is 4.47. The van der Waals surface area contributed by atoms with Gasteiger partial charge in [-0.15, -0.1) is 0 Å². The number of aliphatic hydroxyl groups excluding tert-OH is 1. The van der Waals surface area contributed by atoms with Crippen molar-refractivity contribution in [2.45, 2.75) is 20.0 Å². The lowest BCUT2D eigenvalue weighted by atomic mass is 10.2. The molecule has 1 rings (SSSR count). The van der Waals surface area contributed by atoms with Crippen LogP contribution < -0.4 is 4.74 Å². The monoisotopic (exact) mass is 210 g/mol. The summed E-state index contributed by atoms with van der Waals surface area (Å²) in [5, 5.41) is 19.4. The molecule has 0 heterocycles. The molecule has 0 spiro atoms. The van der Waals surface area contributed by atoms with E-state index in [4.69, 9.17) is 9.84 Å². The maximum absolute atomic E-state index is 10.5. The summed E-state index contributed by atoms with van der Waals surface area (Å²) >= 11 is 0. The Morgan fingerprint density at radius 1 is 1.53 bits per heavy atom. The maximum Gasteiger partial charge on any atom is 0.270 e. The van der Waals surface area contributed by atoms with Crippen LogP contribution in [0.15, 0.2) is 18.2 Å². The van der Waals surface area contributed by atoms with Crippen molar-refractivity contribution in [1.82, 2.24) is 0 Å². The van der Waals surface area contributed by atoms with Gasteiger partial charge in [-0.2, -0.15) is 0 Å². The molecule has 1 N–H and O–H groups in total. The van der Waals surface area contributed by atoms with Gasteiger partial charge in [0.1, 0.15) is 12.4 Å². The molecular formula is C10H12NO4. The van der Waals surface area contributed by atoms with Gasteiger partial charge in [0.05, 0.1) is 11.0 Å². The molecule has 0 saturated heterocycles. The van der Waals surface area contributed by atoms with E-state index in [2.05, 4.69) is 0 Å². The Morgan fingerprint density at radius 3 is 2.67 bits per heavy atom. The van der Waals surface area contributed by atoms with Crippen LogP contribution in [-0.2, 0) is 0 Å². The van der Waals surface area contributed by atoms with E-state index in [-0.39, 0.29) is 11.8 Å². The third kappa shape index (κ3) is 2.92. The van der Waals surface area contributed by atoms with E-state index >= 15 is 0 Å². The fraction of sp³-hybridized carbons (Fsp3) is 0.300. The van der Waals surface area contributed by atoms with Gasteiger partial charge in [0, 0.05) is 17.7 Å². The lowest BCUT2D eigenvalue weighted by Gasteiger charge is -2.12. The standard InChI is InChI=1S/C10H12NO4/c1-7(2)15-10-4-3-9(11(13)14)5-8(10)6-12/h3-7,12H,1-2H3. The minimum Gasteiger partial charge on any atom is -0.491 e. The van der Waals surface area contributed by atoms with Crippen LogP contribution in [0.25, 0.3) is 0 Å². The van der Waals surface area contributed by atoms with Crippen molar-refractivity contribution in [3.05, 3.63) is 40.5 Å². The highest BCUT2D eigenvalue weighted by molar-refractivity contribution is 5.46. The topological polar surface area (TPSA) is 72.6 Å². The summed E-state index contributed by atoms with van der Waals surface area (Å²) in [6.45, 7) is 4.47. The fourth-order valence-corrected chi connectivity index (χ4v) is 1.11. The number of rotatable bonds is 4. The fourth-order valence-electron chi connectivity index (χ4n) is 1.11. The zero-order chi connectivity index (χ0) is 11.4. The van der Waals surface area contributed by atoms with Crippen LogP contribution in [-0.4, -0.2) is 16.1 Å². The third-order valence-electron chi connectivity index (χ3n) is 1.71. The van der Waals surface area contributed by atoms with Crippen LogP contribution in [0.3, 0.4) is 0 Å². The van der Waals surface area contributed by atoms with Crippen LogP contribution in [0, 0.1) is 16.7 Å². The summed E-state index contributed by atoms with van der Waals surface area (Å²) in [6, 6.07) is 4.07. The maximum atomic E-state index is 10.5. The molecule has 0 amide bonds. The molecule has 1 aromatic rings. The van der Waals surface area contributed by atoms with Gasteiger partial charge in [0.25, 0.3) is 5.69 Å². The predicted molar refractivity (Wildman–Crippen MR) is 54.2 cm³/mol. The zero-order valence-electron chi connectivity index (χ0n) is 8.51. The number of aliphatic hydroxyl groups is 1. The van der Waals surface area contributed by atoms with Gasteiger partial charge in [-0.25, -0.2) is 0 Å². The van der Waals surface area contributed by atoms with Gasteiger partial charge in [-0.3, -0.25) is 10.1 Å².